The van der Waals surface area contributed by atoms with E-state index in [1.165, 1.54) is 12.1 Å². The number of amides is 2. The summed E-state index contributed by atoms with van der Waals surface area (Å²) in [5.41, 5.74) is 4.46. The van der Waals surface area contributed by atoms with Gasteiger partial charge in [0.15, 0.2) is 5.76 Å². The molecule has 2 aromatic carbocycles. The van der Waals surface area contributed by atoms with Crippen LogP contribution < -0.4 is 20.1 Å². The Bertz CT molecular complexity index is 1480. The van der Waals surface area contributed by atoms with Crippen molar-refractivity contribution in [2.45, 2.75) is 31.7 Å². The third-order valence-electron chi connectivity index (χ3n) is 8.51. The topological polar surface area (TPSA) is 88.1 Å². The molecular weight excluding hydrogens is 506 g/mol. The third-order valence-corrected chi connectivity index (χ3v) is 8.51. The van der Waals surface area contributed by atoms with Crippen molar-refractivity contribution in [2.75, 3.05) is 59.2 Å². The van der Waals surface area contributed by atoms with E-state index in [4.69, 9.17) is 9.47 Å². The number of piperazine rings is 1. The highest BCUT2D eigenvalue weighted by atomic mass is 16.5. The molecule has 1 aliphatic carbocycles. The predicted octanol–water partition coefficient (Wildman–Crippen LogP) is 4.53. The molecule has 6 rings (SSSR count). The first-order valence-corrected chi connectivity index (χ1v) is 14.1. The molecule has 0 bridgehead atoms. The van der Waals surface area contributed by atoms with Crippen molar-refractivity contribution in [1.29, 1.82) is 0 Å². The second kappa shape index (κ2) is 11.0. The number of benzene rings is 2. The number of carbonyl (C=O) groups excluding carboxylic acids is 2. The molecule has 0 unspecified atom stereocenters. The lowest BCUT2D eigenvalue weighted by atomic mass is 9.81. The van der Waals surface area contributed by atoms with Crippen molar-refractivity contribution in [2.24, 2.45) is 0 Å². The molecule has 40 heavy (non-hydrogen) atoms. The zero-order chi connectivity index (χ0) is 27.8. The van der Waals surface area contributed by atoms with Gasteiger partial charge in [-0.2, -0.15) is 0 Å². The highest BCUT2D eigenvalue weighted by Crippen LogP contribution is 2.44. The van der Waals surface area contributed by atoms with Crippen LogP contribution in [-0.4, -0.2) is 80.1 Å². The quantitative estimate of drug-likeness (QED) is 0.426. The number of hydrogen-bond acceptors (Lipinski definition) is 6. The van der Waals surface area contributed by atoms with Gasteiger partial charge in [-0.3, -0.25) is 9.69 Å². The highest BCUT2D eigenvalue weighted by molar-refractivity contribution is 6.16. The van der Waals surface area contributed by atoms with Crippen LogP contribution in [0.4, 0.5) is 10.5 Å². The van der Waals surface area contributed by atoms with E-state index in [0.717, 1.165) is 74.3 Å². The Balaban J connectivity index is 1.39. The summed E-state index contributed by atoms with van der Waals surface area (Å²) < 4.78 is 14.2. The second-order valence-corrected chi connectivity index (χ2v) is 11.0. The van der Waals surface area contributed by atoms with Crippen LogP contribution in [0.3, 0.4) is 0 Å². The lowest BCUT2D eigenvalue weighted by Crippen LogP contribution is -2.45. The Morgan fingerprint density at radius 3 is 2.60 bits per heavy atom. The number of ether oxygens (including phenoxy) is 2. The first-order valence-electron chi connectivity index (χ1n) is 14.1. The number of methoxy groups -OCH3 is 1. The number of aromatic nitrogens is 1. The molecule has 3 aliphatic rings. The molecule has 210 valence electrons. The number of carbonyl (C=O) groups is 2. The molecule has 3 heterocycles. The number of urea groups is 1. The fourth-order valence-corrected chi connectivity index (χ4v) is 5.93. The molecule has 1 saturated carbocycles. The van der Waals surface area contributed by atoms with Gasteiger partial charge in [0.1, 0.15) is 11.5 Å². The van der Waals surface area contributed by atoms with Gasteiger partial charge < -0.3 is 29.6 Å². The van der Waals surface area contributed by atoms with E-state index in [1.807, 2.05) is 12.1 Å². The largest absolute Gasteiger partial charge is 0.497 e. The lowest BCUT2D eigenvalue weighted by molar-refractivity contribution is 0.101. The lowest BCUT2D eigenvalue weighted by Gasteiger charge is -2.33. The van der Waals surface area contributed by atoms with E-state index in [2.05, 4.69) is 44.2 Å². The molecule has 1 aromatic heterocycles. The van der Waals surface area contributed by atoms with Gasteiger partial charge in [-0.15, -0.1) is 0 Å². The van der Waals surface area contributed by atoms with Gasteiger partial charge >= 0.3 is 6.03 Å². The van der Waals surface area contributed by atoms with Crippen LogP contribution in [-0.2, 0) is 6.54 Å². The van der Waals surface area contributed by atoms with Gasteiger partial charge in [-0.05, 0) is 68.3 Å². The molecule has 9 nitrogen and oxygen atoms in total. The number of nitrogens with one attached hydrogen (secondary N) is 2. The SMILES string of the molecule is CNC(=O)Nc1ccc2c(c1)C(=O)/C(=C/c1c(C3CCC3)n(CCN3CCN(C)CC3)c3ccc(OC)cc13)O2. The number of rotatable bonds is 7. The maximum absolute atomic E-state index is 13.5. The Morgan fingerprint density at radius 2 is 1.90 bits per heavy atom. The highest BCUT2D eigenvalue weighted by Gasteiger charge is 2.32. The van der Waals surface area contributed by atoms with Gasteiger partial charge in [-0.1, -0.05) is 6.42 Å². The minimum atomic E-state index is -0.342. The Kier molecular flexibility index (Phi) is 7.25. The molecule has 0 radical (unpaired) electrons. The minimum absolute atomic E-state index is 0.184. The monoisotopic (exact) mass is 543 g/mol. The van der Waals surface area contributed by atoms with Crippen LogP contribution in [0.2, 0.25) is 0 Å². The number of ketones is 1. The molecule has 2 fully saturated rings. The van der Waals surface area contributed by atoms with Crippen LogP contribution in [0.5, 0.6) is 11.5 Å². The summed E-state index contributed by atoms with van der Waals surface area (Å²) in [5.74, 6) is 1.85. The fourth-order valence-electron chi connectivity index (χ4n) is 5.93. The minimum Gasteiger partial charge on any atom is -0.497 e. The number of fused-ring (bicyclic) bond motifs is 2. The molecular formula is C31H37N5O4. The summed E-state index contributed by atoms with van der Waals surface area (Å²) >= 11 is 0. The summed E-state index contributed by atoms with van der Waals surface area (Å²) in [4.78, 5) is 30.2. The number of nitrogens with zero attached hydrogens (tertiary/aromatic N) is 3. The molecule has 9 heteroatoms. The van der Waals surface area contributed by atoms with E-state index in [9.17, 15) is 9.59 Å². The Morgan fingerprint density at radius 1 is 1.10 bits per heavy atom. The standard InChI is InChI=1S/C31H37N5O4/c1-32-31(38)33-21-7-10-27-25(17-21)30(37)28(40-27)19-24-23-18-22(39-3)8-9-26(23)36(29(24)20-5-4-6-20)16-15-35-13-11-34(2)12-14-35/h7-10,17-20H,4-6,11-16H2,1-3H3,(H2,32,33,38)/b28-19-. The van der Waals surface area contributed by atoms with Crippen molar-refractivity contribution >= 4 is 34.5 Å². The van der Waals surface area contributed by atoms with Crippen LogP contribution in [0, 0.1) is 0 Å². The second-order valence-electron chi connectivity index (χ2n) is 11.0. The van der Waals surface area contributed by atoms with Crippen molar-refractivity contribution in [3.8, 4) is 11.5 Å². The molecule has 2 amide bonds. The molecule has 0 spiro atoms. The summed E-state index contributed by atoms with van der Waals surface area (Å²) in [6, 6.07) is 11.0. The van der Waals surface area contributed by atoms with Crippen LogP contribution in [0.25, 0.3) is 17.0 Å². The first-order chi connectivity index (χ1) is 19.4. The molecule has 1 saturated heterocycles. The maximum atomic E-state index is 13.5. The van der Waals surface area contributed by atoms with Gasteiger partial charge in [0.25, 0.3) is 0 Å². The maximum Gasteiger partial charge on any atom is 0.318 e. The zero-order valence-electron chi connectivity index (χ0n) is 23.5. The zero-order valence-corrected chi connectivity index (χ0v) is 23.5. The number of anilines is 1. The summed E-state index contributed by atoms with van der Waals surface area (Å²) in [6.45, 7) is 6.23. The van der Waals surface area contributed by atoms with Gasteiger partial charge in [0, 0.05) is 74.2 Å². The summed E-state index contributed by atoms with van der Waals surface area (Å²) in [5, 5.41) is 6.33. The third kappa shape index (κ3) is 4.95. The Labute approximate surface area is 234 Å². The summed E-state index contributed by atoms with van der Waals surface area (Å²) in [7, 11) is 5.41. The van der Waals surface area contributed by atoms with E-state index in [1.54, 1.807) is 32.4 Å². The van der Waals surface area contributed by atoms with E-state index >= 15 is 0 Å². The van der Waals surface area contributed by atoms with E-state index in [0.29, 0.717) is 28.7 Å². The van der Waals surface area contributed by atoms with Crippen LogP contribution >= 0.6 is 0 Å². The first kappa shape index (κ1) is 26.4. The Hall–Kier alpha value is -3.82. The van der Waals surface area contributed by atoms with Crippen LogP contribution in [0.15, 0.2) is 42.2 Å². The predicted molar refractivity (Wildman–Crippen MR) is 156 cm³/mol. The normalized spacial score (nSPS) is 19.0. The van der Waals surface area contributed by atoms with Gasteiger partial charge in [-0.25, -0.2) is 4.79 Å². The molecule has 2 N–H and O–H groups in total. The van der Waals surface area contributed by atoms with Crippen molar-refractivity contribution < 1.29 is 19.1 Å². The number of likely N-dealkylation sites (N-methyl/N-ethyl adjacent to an activating group) is 1. The van der Waals surface area contributed by atoms with Gasteiger partial charge in [0.2, 0.25) is 5.78 Å². The fraction of sp³-hybridized carbons (Fsp3) is 0.419. The number of hydrogen-bond donors (Lipinski definition) is 2. The smallest absolute Gasteiger partial charge is 0.318 e. The van der Waals surface area contributed by atoms with Crippen molar-refractivity contribution in [1.82, 2.24) is 19.7 Å². The molecule has 2 aliphatic heterocycles. The molecule has 3 aromatic rings. The van der Waals surface area contributed by atoms with Crippen LogP contribution in [0.1, 0.15) is 46.8 Å². The van der Waals surface area contributed by atoms with Crippen molar-refractivity contribution in [3.63, 3.8) is 0 Å². The van der Waals surface area contributed by atoms with Gasteiger partial charge in [0.05, 0.1) is 12.7 Å². The van der Waals surface area contributed by atoms with E-state index < -0.39 is 0 Å². The van der Waals surface area contributed by atoms with E-state index in [-0.39, 0.29) is 11.8 Å². The number of Topliss-reactive ketones (excluding diaryl/α,β-unsaturated/α-hetero) is 1. The average Bonchev–Trinajstić information content (AvgIpc) is 3.40. The molecule has 0 atom stereocenters. The average molecular weight is 544 g/mol. The number of allylic oxidation sites excluding steroid dienone is 1. The summed E-state index contributed by atoms with van der Waals surface area (Å²) in [6.07, 6.45) is 5.42. The van der Waals surface area contributed by atoms with Crippen molar-refractivity contribution in [3.05, 3.63) is 59.0 Å².